The third-order valence-electron chi connectivity index (χ3n) is 8.19. The first-order valence-electron chi connectivity index (χ1n) is 15.3. The zero-order chi connectivity index (χ0) is 34.1. The molecule has 0 fully saturated rings. The van der Waals surface area contributed by atoms with Gasteiger partial charge in [0, 0.05) is 54.6 Å². The number of carbonyl (C=O) groups is 1. The second kappa shape index (κ2) is 13.6. The van der Waals surface area contributed by atoms with Crippen LogP contribution in [0.15, 0.2) is 65.1 Å². The summed E-state index contributed by atoms with van der Waals surface area (Å²) in [6.45, 7) is 2.25. The molecule has 3 aromatic heterocycles. The highest BCUT2D eigenvalue weighted by atomic mass is 32.1. The number of rotatable bonds is 11. The number of methoxy groups -OCH3 is 3. The van der Waals surface area contributed by atoms with Crippen LogP contribution in [-0.2, 0) is 22.6 Å². The van der Waals surface area contributed by atoms with Crippen LogP contribution in [0.5, 0.6) is 23.0 Å². The molecule has 1 atom stereocenters. The monoisotopic (exact) mass is 685 g/mol. The summed E-state index contributed by atoms with van der Waals surface area (Å²) in [5, 5.41) is 9.50. The third kappa shape index (κ3) is 6.04. The van der Waals surface area contributed by atoms with E-state index in [2.05, 4.69) is 15.7 Å². The van der Waals surface area contributed by atoms with E-state index in [1.54, 1.807) is 19.2 Å². The second-order valence-corrected chi connectivity index (χ2v) is 12.3. The molecule has 49 heavy (non-hydrogen) atoms. The van der Waals surface area contributed by atoms with Crippen LogP contribution in [0.2, 0.25) is 0 Å². The summed E-state index contributed by atoms with van der Waals surface area (Å²) in [7, 11) is 4.68. The van der Waals surface area contributed by atoms with Gasteiger partial charge in [-0.3, -0.25) is 4.79 Å². The van der Waals surface area contributed by atoms with Gasteiger partial charge in [-0.05, 0) is 48.4 Å². The molecular formula is C35H32FN5O7S. The van der Waals surface area contributed by atoms with Gasteiger partial charge in [0.1, 0.15) is 21.6 Å². The Morgan fingerprint density at radius 2 is 1.86 bits per heavy atom. The maximum Gasteiger partial charge on any atom is 0.283 e. The van der Waals surface area contributed by atoms with Crippen LogP contribution in [-0.4, -0.2) is 61.6 Å². The predicted octanol–water partition coefficient (Wildman–Crippen LogP) is 5.93. The van der Waals surface area contributed by atoms with E-state index in [1.165, 1.54) is 43.9 Å². The molecule has 5 heterocycles. The van der Waals surface area contributed by atoms with Gasteiger partial charge in [-0.15, -0.1) is 11.3 Å². The number of hydrogen-bond donors (Lipinski definition) is 1. The molecule has 2 aliphatic heterocycles. The molecule has 5 aromatic rings. The van der Waals surface area contributed by atoms with Crippen LogP contribution >= 0.6 is 11.3 Å². The highest BCUT2D eigenvalue weighted by Crippen LogP contribution is 2.52. The Morgan fingerprint density at radius 1 is 1.12 bits per heavy atom. The van der Waals surface area contributed by atoms with E-state index in [-0.39, 0.29) is 18.7 Å². The highest BCUT2D eigenvalue weighted by molar-refractivity contribution is 7.21. The number of benzene rings is 2. The van der Waals surface area contributed by atoms with Crippen molar-refractivity contribution in [1.82, 2.24) is 15.0 Å². The zero-order valence-electron chi connectivity index (χ0n) is 27.1. The molecule has 1 amide bonds. The molecule has 0 aliphatic carbocycles. The number of thiophene rings is 1. The Hall–Kier alpha value is -5.47. The van der Waals surface area contributed by atoms with E-state index in [1.807, 2.05) is 42.1 Å². The van der Waals surface area contributed by atoms with Crippen molar-refractivity contribution in [3.63, 3.8) is 0 Å². The SMILES string of the molecule is COCc1cc(C)nc2sc(C(=O)N/N=C\c3c(C[C@H]4CC(c5ccc(F)cc5)=NO4)c(OC)c4c(c3OC)OCO4)c(-n3cccc3)c12. The fourth-order valence-corrected chi connectivity index (χ4v) is 7.28. The Morgan fingerprint density at radius 3 is 2.57 bits per heavy atom. The topological polar surface area (TPSA) is 127 Å². The standard InChI is InChI=1S/C35H32FN5O7S/c1-19-13-21(17-43-2)27-28(41-11-5-6-12-41)33(49-35(27)38-19)34(42)39-37-16-25-24(29(44-3)31-32(30(25)45-4)47-18-46-31)14-23-15-26(40-48-23)20-7-9-22(36)10-8-20/h5-13,16,23H,14-15,17-18H2,1-4H3,(H,39,42)/b37-16-/t23-/m0/s1. The number of hydrazone groups is 1. The Balaban J connectivity index is 1.22. The highest BCUT2D eigenvalue weighted by Gasteiger charge is 2.34. The molecule has 0 saturated carbocycles. The van der Waals surface area contributed by atoms with Crippen LogP contribution in [0.3, 0.4) is 0 Å². The third-order valence-corrected chi connectivity index (χ3v) is 9.27. The van der Waals surface area contributed by atoms with Crippen LogP contribution in [0.4, 0.5) is 4.39 Å². The first kappa shape index (κ1) is 32.1. The van der Waals surface area contributed by atoms with Gasteiger partial charge in [-0.2, -0.15) is 5.10 Å². The molecule has 14 heteroatoms. The smallest absolute Gasteiger partial charge is 0.283 e. The molecule has 1 N–H and O–H groups in total. The molecular weight excluding hydrogens is 653 g/mol. The van der Waals surface area contributed by atoms with Crippen LogP contribution in [0, 0.1) is 12.7 Å². The minimum absolute atomic E-state index is 0.0245. The van der Waals surface area contributed by atoms with Crippen molar-refractivity contribution in [3.05, 3.63) is 93.5 Å². The summed E-state index contributed by atoms with van der Waals surface area (Å²) in [4.78, 5) is 25.5. The Bertz CT molecular complexity index is 2090. The number of amides is 1. The van der Waals surface area contributed by atoms with E-state index in [0.717, 1.165) is 22.2 Å². The molecule has 7 rings (SSSR count). The molecule has 252 valence electrons. The number of pyridine rings is 1. The van der Waals surface area contributed by atoms with Crippen molar-refractivity contribution in [2.45, 2.75) is 32.5 Å². The maximum absolute atomic E-state index is 13.8. The lowest BCUT2D eigenvalue weighted by atomic mass is 9.95. The molecule has 0 radical (unpaired) electrons. The minimum Gasteiger partial charge on any atom is -0.492 e. The van der Waals surface area contributed by atoms with Crippen LogP contribution < -0.4 is 24.4 Å². The van der Waals surface area contributed by atoms with Crippen molar-refractivity contribution in [3.8, 4) is 28.7 Å². The number of fused-ring (bicyclic) bond motifs is 2. The normalized spacial score (nSPS) is 15.1. The van der Waals surface area contributed by atoms with Gasteiger partial charge in [0.25, 0.3) is 5.91 Å². The summed E-state index contributed by atoms with van der Waals surface area (Å²) in [6, 6.07) is 11.9. The molecule has 0 saturated heterocycles. The summed E-state index contributed by atoms with van der Waals surface area (Å²) in [5.74, 6) is 0.782. The molecule has 2 aromatic carbocycles. The zero-order valence-corrected chi connectivity index (χ0v) is 27.9. The molecule has 0 bridgehead atoms. The molecule has 12 nitrogen and oxygen atoms in total. The average molecular weight is 686 g/mol. The number of aromatic nitrogens is 2. The number of nitrogens with one attached hydrogen (secondary N) is 1. The van der Waals surface area contributed by atoms with E-state index in [0.29, 0.717) is 74.7 Å². The van der Waals surface area contributed by atoms with Crippen molar-refractivity contribution in [2.24, 2.45) is 10.3 Å². The van der Waals surface area contributed by atoms with Crippen LogP contribution in [0.25, 0.3) is 15.9 Å². The number of halogens is 1. The first-order chi connectivity index (χ1) is 23.9. The van der Waals surface area contributed by atoms with Crippen LogP contribution in [0.1, 0.15) is 44.0 Å². The predicted molar refractivity (Wildman–Crippen MR) is 181 cm³/mol. The number of hydrogen-bond acceptors (Lipinski definition) is 11. The fourth-order valence-electron chi connectivity index (χ4n) is 6.13. The van der Waals surface area contributed by atoms with Gasteiger partial charge >= 0.3 is 0 Å². The van der Waals surface area contributed by atoms with Gasteiger partial charge in [0.2, 0.25) is 18.3 Å². The summed E-state index contributed by atoms with van der Waals surface area (Å²) in [6.07, 6.45) is 5.65. The molecule has 2 aliphatic rings. The van der Waals surface area contributed by atoms with Crippen molar-refractivity contribution in [1.29, 1.82) is 0 Å². The first-order valence-corrected chi connectivity index (χ1v) is 16.2. The lowest BCUT2D eigenvalue weighted by Gasteiger charge is -2.19. The largest absolute Gasteiger partial charge is 0.492 e. The quantitative estimate of drug-likeness (QED) is 0.134. The molecule has 0 spiro atoms. The number of oxime groups is 1. The summed E-state index contributed by atoms with van der Waals surface area (Å²) < 4.78 is 44.1. The van der Waals surface area contributed by atoms with Gasteiger partial charge in [0.15, 0.2) is 11.5 Å². The second-order valence-electron chi connectivity index (χ2n) is 11.3. The van der Waals surface area contributed by atoms with Gasteiger partial charge in [-0.1, -0.05) is 17.3 Å². The van der Waals surface area contributed by atoms with E-state index in [4.69, 9.17) is 33.5 Å². The minimum atomic E-state index is -0.423. The average Bonchev–Trinajstić information content (AvgIpc) is 3.92. The maximum atomic E-state index is 13.8. The lowest BCUT2D eigenvalue weighted by molar-refractivity contribution is 0.0853. The number of ether oxygens (including phenoxy) is 5. The van der Waals surface area contributed by atoms with Crippen molar-refractivity contribution < 1.29 is 37.7 Å². The summed E-state index contributed by atoms with van der Waals surface area (Å²) >= 11 is 1.28. The van der Waals surface area contributed by atoms with E-state index >= 15 is 0 Å². The lowest BCUT2D eigenvalue weighted by Crippen LogP contribution is -2.19. The fraction of sp³-hybridized carbons (Fsp3) is 0.257. The Kier molecular flexibility index (Phi) is 8.89. The van der Waals surface area contributed by atoms with Crippen molar-refractivity contribution in [2.75, 3.05) is 28.1 Å². The van der Waals surface area contributed by atoms with E-state index < -0.39 is 5.91 Å². The Labute approximate surface area is 284 Å². The van der Waals surface area contributed by atoms with E-state index in [9.17, 15) is 9.18 Å². The van der Waals surface area contributed by atoms with Gasteiger partial charge in [0.05, 0.1) is 38.4 Å². The number of carbonyl (C=O) groups excluding carboxylic acids is 1. The van der Waals surface area contributed by atoms with Crippen molar-refractivity contribution >= 4 is 39.4 Å². The van der Waals surface area contributed by atoms with Gasteiger partial charge in [-0.25, -0.2) is 14.8 Å². The number of aryl methyl sites for hydroxylation is 1. The molecule has 0 unspecified atom stereocenters. The van der Waals surface area contributed by atoms with Gasteiger partial charge < -0.3 is 33.1 Å². The summed E-state index contributed by atoms with van der Waals surface area (Å²) in [5.41, 5.74) is 7.76. The number of nitrogens with zero attached hydrogens (tertiary/aromatic N) is 4.